The van der Waals surface area contributed by atoms with Crippen LogP contribution in [0.15, 0.2) is 15.7 Å². The summed E-state index contributed by atoms with van der Waals surface area (Å²) in [5.41, 5.74) is -1.07. The van der Waals surface area contributed by atoms with Crippen molar-refractivity contribution in [3.05, 3.63) is 17.3 Å². The van der Waals surface area contributed by atoms with E-state index in [0.717, 1.165) is 21.7 Å². The molecular formula is C12H16FNO5S2. The van der Waals surface area contributed by atoms with E-state index in [9.17, 15) is 22.7 Å². The van der Waals surface area contributed by atoms with Gasteiger partial charge in [-0.3, -0.25) is 4.79 Å². The Labute approximate surface area is 126 Å². The molecule has 21 heavy (non-hydrogen) atoms. The fraction of sp³-hybridized carbons (Fsp3) is 0.583. The molecule has 0 spiro atoms. The molecule has 1 fully saturated rings. The first kappa shape index (κ1) is 16.3. The summed E-state index contributed by atoms with van der Waals surface area (Å²) in [4.78, 5) is 11.4. The maximum Gasteiger partial charge on any atom is 0.312 e. The molecule has 2 rings (SSSR count). The van der Waals surface area contributed by atoms with E-state index in [1.54, 1.807) is 0 Å². The van der Waals surface area contributed by atoms with Gasteiger partial charge in [0.2, 0.25) is 0 Å². The van der Waals surface area contributed by atoms with E-state index in [4.69, 9.17) is 4.74 Å². The normalized spacial score (nSPS) is 19.5. The molecule has 0 aromatic carbocycles. The lowest BCUT2D eigenvalue weighted by molar-refractivity contribution is -0.155. The number of aliphatic carboxylic acids is 1. The molecule has 1 saturated heterocycles. The Bertz CT molecular complexity index is 619. The smallest absolute Gasteiger partial charge is 0.312 e. The molecule has 0 radical (unpaired) electrons. The quantitative estimate of drug-likeness (QED) is 0.878. The van der Waals surface area contributed by atoms with Crippen molar-refractivity contribution in [3.63, 3.8) is 0 Å². The molecule has 6 nitrogen and oxygen atoms in total. The molecule has 1 aromatic heterocycles. The van der Waals surface area contributed by atoms with Crippen LogP contribution in [0.4, 0.5) is 4.39 Å². The fourth-order valence-electron chi connectivity index (χ4n) is 2.43. The number of nitrogens with zero attached hydrogens (tertiary/aromatic N) is 1. The second-order valence-electron chi connectivity index (χ2n) is 4.98. The van der Waals surface area contributed by atoms with Crippen molar-refractivity contribution in [3.8, 4) is 0 Å². The summed E-state index contributed by atoms with van der Waals surface area (Å²) in [6.45, 7) is 0.105. The summed E-state index contributed by atoms with van der Waals surface area (Å²) < 4.78 is 43.9. The van der Waals surface area contributed by atoms with E-state index in [-0.39, 0.29) is 36.7 Å². The van der Waals surface area contributed by atoms with Gasteiger partial charge in [0.15, 0.2) is 10.0 Å². The molecule has 9 heteroatoms. The number of sulfonamides is 1. The average Bonchev–Trinajstić information content (AvgIpc) is 2.86. The maximum absolute atomic E-state index is 13.5. The van der Waals surface area contributed by atoms with Crippen molar-refractivity contribution in [2.75, 3.05) is 26.8 Å². The number of rotatable bonds is 5. The number of hydrogen-bond donors (Lipinski definition) is 1. The Hall–Kier alpha value is -1.03. The first-order chi connectivity index (χ1) is 9.83. The highest BCUT2D eigenvalue weighted by atomic mass is 32.2. The molecule has 0 bridgehead atoms. The summed E-state index contributed by atoms with van der Waals surface area (Å²) in [7, 11) is -2.49. The molecule has 1 aliphatic heterocycles. The van der Waals surface area contributed by atoms with Crippen molar-refractivity contribution in [1.29, 1.82) is 0 Å². The summed E-state index contributed by atoms with van der Waals surface area (Å²) in [6, 6.07) is 1.11. The predicted octanol–water partition coefficient (Wildman–Crippen LogP) is 1.39. The third kappa shape index (κ3) is 2.96. The number of carbonyl (C=O) groups is 1. The molecule has 0 amide bonds. The maximum atomic E-state index is 13.5. The van der Waals surface area contributed by atoms with E-state index in [1.807, 2.05) is 0 Å². The Morgan fingerprint density at radius 3 is 2.57 bits per heavy atom. The third-order valence-electron chi connectivity index (χ3n) is 3.71. The van der Waals surface area contributed by atoms with Gasteiger partial charge in [-0.1, -0.05) is 0 Å². The van der Waals surface area contributed by atoms with Gasteiger partial charge in [-0.15, -0.1) is 11.3 Å². The zero-order valence-electron chi connectivity index (χ0n) is 11.4. The highest BCUT2D eigenvalue weighted by molar-refractivity contribution is 7.91. The summed E-state index contributed by atoms with van der Waals surface area (Å²) in [5.74, 6) is -1.77. The minimum atomic E-state index is -3.90. The molecular weight excluding hydrogens is 321 g/mol. The average molecular weight is 337 g/mol. The van der Waals surface area contributed by atoms with Crippen LogP contribution in [0.3, 0.4) is 0 Å². The van der Waals surface area contributed by atoms with Crippen LogP contribution in [-0.2, 0) is 19.6 Å². The van der Waals surface area contributed by atoms with Crippen molar-refractivity contribution in [2.45, 2.75) is 17.1 Å². The summed E-state index contributed by atoms with van der Waals surface area (Å²) >= 11 is 0.821. The molecule has 0 unspecified atom stereocenters. The number of hydrogen-bond acceptors (Lipinski definition) is 5. The number of carboxylic acid groups (broad SMARTS) is 1. The number of carboxylic acids is 1. The van der Waals surface area contributed by atoms with Gasteiger partial charge in [-0.2, -0.15) is 4.31 Å². The molecule has 0 aliphatic carbocycles. The third-order valence-corrected chi connectivity index (χ3v) is 7.02. The van der Waals surface area contributed by atoms with Crippen molar-refractivity contribution in [1.82, 2.24) is 4.31 Å². The monoisotopic (exact) mass is 337 g/mol. The fourth-order valence-corrected chi connectivity index (χ4v) is 5.11. The van der Waals surface area contributed by atoms with Gasteiger partial charge < -0.3 is 9.84 Å². The van der Waals surface area contributed by atoms with E-state index in [1.165, 1.54) is 12.5 Å². The first-order valence-corrected chi connectivity index (χ1v) is 8.61. The van der Waals surface area contributed by atoms with Crippen LogP contribution in [0.2, 0.25) is 0 Å². The topological polar surface area (TPSA) is 83.9 Å². The summed E-state index contributed by atoms with van der Waals surface area (Å²) in [6.07, 6.45) is 0.283. The standard InChI is InChI=1S/C12H16FNO5S2/c1-19-8-12(11(15)16)3-5-14(6-4-12)21(17,18)10-9(13)2-7-20-10/h2,7H,3-6,8H2,1H3,(H,15,16). The highest BCUT2D eigenvalue weighted by Crippen LogP contribution is 2.35. The second kappa shape index (κ2) is 5.99. The lowest BCUT2D eigenvalue weighted by Gasteiger charge is -2.37. The van der Waals surface area contributed by atoms with Crippen LogP contribution in [-0.4, -0.2) is 50.6 Å². The zero-order valence-corrected chi connectivity index (χ0v) is 13.0. The van der Waals surface area contributed by atoms with Crippen LogP contribution in [0.25, 0.3) is 0 Å². The Kier molecular flexibility index (Phi) is 4.66. The Morgan fingerprint density at radius 2 is 2.14 bits per heavy atom. The largest absolute Gasteiger partial charge is 0.481 e. The van der Waals surface area contributed by atoms with Gasteiger partial charge in [-0.05, 0) is 24.3 Å². The molecule has 1 aliphatic rings. The van der Waals surface area contributed by atoms with Gasteiger partial charge in [0.1, 0.15) is 0 Å². The Morgan fingerprint density at radius 1 is 1.52 bits per heavy atom. The number of ether oxygens (including phenoxy) is 1. The van der Waals surface area contributed by atoms with Gasteiger partial charge >= 0.3 is 5.97 Å². The molecule has 118 valence electrons. The lowest BCUT2D eigenvalue weighted by Crippen LogP contribution is -2.48. The van der Waals surface area contributed by atoms with Crippen LogP contribution in [0.1, 0.15) is 12.8 Å². The van der Waals surface area contributed by atoms with Crippen molar-refractivity contribution in [2.24, 2.45) is 5.41 Å². The minimum absolute atomic E-state index is 0.0313. The zero-order chi connectivity index (χ0) is 15.7. The van der Waals surface area contributed by atoms with E-state index in [0.29, 0.717) is 0 Å². The van der Waals surface area contributed by atoms with E-state index >= 15 is 0 Å². The predicted molar refractivity (Wildman–Crippen MR) is 74.2 cm³/mol. The first-order valence-electron chi connectivity index (χ1n) is 6.29. The molecule has 0 atom stereocenters. The summed E-state index contributed by atoms with van der Waals surface area (Å²) in [5, 5.41) is 10.7. The van der Waals surface area contributed by atoms with Crippen molar-refractivity contribution >= 4 is 27.3 Å². The van der Waals surface area contributed by atoms with Gasteiger partial charge in [0.05, 0.1) is 12.0 Å². The molecule has 1 aromatic rings. The number of methoxy groups -OCH3 is 1. The Balaban J connectivity index is 2.17. The SMILES string of the molecule is COCC1(C(=O)O)CCN(S(=O)(=O)c2sccc2F)CC1. The van der Waals surface area contributed by atoms with E-state index in [2.05, 4.69) is 0 Å². The highest BCUT2D eigenvalue weighted by Gasteiger charge is 2.44. The number of thiophene rings is 1. The van der Waals surface area contributed by atoms with Gasteiger partial charge in [0.25, 0.3) is 10.0 Å². The van der Waals surface area contributed by atoms with E-state index < -0.39 is 27.2 Å². The minimum Gasteiger partial charge on any atom is -0.481 e. The molecule has 1 N–H and O–H groups in total. The number of piperidine rings is 1. The van der Waals surface area contributed by atoms with Crippen LogP contribution in [0.5, 0.6) is 0 Å². The lowest BCUT2D eigenvalue weighted by atomic mass is 9.80. The van der Waals surface area contributed by atoms with Crippen LogP contribution in [0, 0.1) is 11.2 Å². The van der Waals surface area contributed by atoms with Crippen LogP contribution >= 0.6 is 11.3 Å². The molecule has 2 heterocycles. The van der Waals surface area contributed by atoms with Crippen LogP contribution < -0.4 is 0 Å². The van der Waals surface area contributed by atoms with Gasteiger partial charge in [-0.25, -0.2) is 12.8 Å². The van der Waals surface area contributed by atoms with Gasteiger partial charge in [0, 0.05) is 20.2 Å². The number of halogens is 1. The van der Waals surface area contributed by atoms with Crippen molar-refractivity contribution < 1.29 is 27.4 Å². The molecule has 0 saturated carbocycles. The second-order valence-corrected chi connectivity index (χ2v) is 8.03.